The third-order valence-corrected chi connectivity index (χ3v) is 3.32. The fourth-order valence-corrected chi connectivity index (χ4v) is 2.44. The maximum Gasteiger partial charge on any atom is 0.449 e. The van der Waals surface area contributed by atoms with E-state index in [0.717, 1.165) is 9.36 Å². The van der Waals surface area contributed by atoms with E-state index in [1.807, 2.05) is 0 Å². The number of imidazole rings is 1. The van der Waals surface area contributed by atoms with E-state index in [1.165, 1.54) is 7.05 Å². The summed E-state index contributed by atoms with van der Waals surface area (Å²) in [6, 6.07) is 0. The number of nitrogens with zero attached hydrogens (tertiary/aromatic N) is 6. The number of anilines is 1. The molecule has 1 aliphatic rings. The summed E-state index contributed by atoms with van der Waals surface area (Å²) < 4.78 is 40.2. The Morgan fingerprint density at radius 3 is 2.73 bits per heavy atom. The van der Waals surface area contributed by atoms with Gasteiger partial charge in [0.15, 0.2) is 5.69 Å². The molecule has 0 saturated heterocycles. The predicted octanol–water partition coefficient (Wildman–Crippen LogP) is 1.01. The Morgan fingerprint density at radius 2 is 2.09 bits per heavy atom. The topological polar surface area (TPSA) is 90.5 Å². The first-order valence-corrected chi connectivity index (χ1v) is 6.58. The SMILES string of the molecule is Cn1nnc(NC(=O)c2nc(C(F)(F)F)n3c2CCCC3)n1. The minimum absolute atomic E-state index is 0.0846. The van der Waals surface area contributed by atoms with Crippen LogP contribution in [0.2, 0.25) is 0 Å². The summed E-state index contributed by atoms with van der Waals surface area (Å²) in [7, 11) is 1.50. The Hall–Kier alpha value is -2.46. The highest BCUT2D eigenvalue weighted by molar-refractivity contribution is 6.02. The van der Waals surface area contributed by atoms with E-state index in [-0.39, 0.29) is 18.2 Å². The molecule has 11 heteroatoms. The Balaban J connectivity index is 1.96. The molecule has 2 aromatic rings. The number of carbonyl (C=O) groups excluding carboxylic acids is 1. The molecule has 1 N–H and O–H groups in total. The number of hydrogen-bond acceptors (Lipinski definition) is 5. The number of carbonyl (C=O) groups is 1. The van der Waals surface area contributed by atoms with Crippen molar-refractivity contribution < 1.29 is 18.0 Å². The van der Waals surface area contributed by atoms with Crippen LogP contribution in [0, 0.1) is 0 Å². The highest BCUT2D eigenvalue weighted by atomic mass is 19.4. The van der Waals surface area contributed by atoms with E-state index >= 15 is 0 Å². The lowest BCUT2D eigenvalue weighted by molar-refractivity contribution is -0.147. The molecule has 22 heavy (non-hydrogen) atoms. The van der Waals surface area contributed by atoms with Gasteiger partial charge in [-0.2, -0.15) is 18.0 Å². The van der Waals surface area contributed by atoms with Crippen molar-refractivity contribution in [1.29, 1.82) is 0 Å². The molecule has 0 unspecified atom stereocenters. The summed E-state index contributed by atoms with van der Waals surface area (Å²) in [4.78, 5) is 16.8. The molecule has 3 heterocycles. The number of aromatic nitrogens is 6. The van der Waals surface area contributed by atoms with Crippen LogP contribution in [0.5, 0.6) is 0 Å². The third-order valence-electron chi connectivity index (χ3n) is 3.32. The molecule has 1 amide bonds. The molecule has 0 spiro atoms. The van der Waals surface area contributed by atoms with Gasteiger partial charge in [-0.05, 0) is 24.5 Å². The van der Waals surface area contributed by atoms with Gasteiger partial charge in [0.1, 0.15) is 0 Å². The van der Waals surface area contributed by atoms with Crippen LogP contribution in [-0.2, 0) is 26.2 Å². The largest absolute Gasteiger partial charge is 0.449 e. The number of amides is 1. The van der Waals surface area contributed by atoms with Crippen molar-refractivity contribution in [2.75, 3.05) is 5.32 Å². The van der Waals surface area contributed by atoms with E-state index in [9.17, 15) is 18.0 Å². The molecule has 0 radical (unpaired) electrons. The van der Waals surface area contributed by atoms with Crippen LogP contribution >= 0.6 is 0 Å². The van der Waals surface area contributed by atoms with Gasteiger partial charge < -0.3 is 4.57 Å². The van der Waals surface area contributed by atoms with E-state index in [4.69, 9.17) is 0 Å². The highest BCUT2D eigenvalue weighted by Crippen LogP contribution is 2.33. The number of halogens is 3. The normalized spacial score (nSPS) is 14.7. The lowest BCUT2D eigenvalue weighted by atomic mass is 10.1. The molecular formula is C11H12F3N7O. The number of nitrogens with one attached hydrogen (secondary N) is 1. The van der Waals surface area contributed by atoms with Crippen molar-refractivity contribution >= 4 is 11.9 Å². The van der Waals surface area contributed by atoms with Crippen LogP contribution in [0.3, 0.4) is 0 Å². The van der Waals surface area contributed by atoms with Crippen LogP contribution in [0.25, 0.3) is 0 Å². The summed E-state index contributed by atoms with van der Waals surface area (Å²) in [5, 5.41) is 13.1. The first-order valence-electron chi connectivity index (χ1n) is 6.58. The molecule has 0 atom stereocenters. The monoisotopic (exact) mass is 315 g/mol. The van der Waals surface area contributed by atoms with Crippen LogP contribution < -0.4 is 5.32 Å². The summed E-state index contributed by atoms with van der Waals surface area (Å²) in [6.45, 7) is 0.202. The second-order valence-corrected chi connectivity index (χ2v) is 4.89. The Labute approximate surface area is 122 Å². The minimum Gasteiger partial charge on any atom is -0.324 e. The smallest absolute Gasteiger partial charge is 0.324 e. The quantitative estimate of drug-likeness (QED) is 0.893. The van der Waals surface area contributed by atoms with Crippen molar-refractivity contribution in [2.24, 2.45) is 7.05 Å². The zero-order valence-electron chi connectivity index (χ0n) is 11.6. The lowest BCUT2D eigenvalue weighted by Gasteiger charge is -2.17. The molecule has 0 saturated carbocycles. The van der Waals surface area contributed by atoms with Crippen molar-refractivity contribution in [3.05, 3.63) is 17.2 Å². The second-order valence-electron chi connectivity index (χ2n) is 4.89. The number of aryl methyl sites for hydroxylation is 1. The average Bonchev–Trinajstić information content (AvgIpc) is 3.02. The molecule has 1 aliphatic heterocycles. The van der Waals surface area contributed by atoms with Crippen molar-refractivity contribution in [2.45, 2.75) is 32.0 Å². The van der Waals surface area contributed by atoms with Gasteiger partial charge in [-0.1, -0.05) is 5.10 Å². The summed E-state index contributed by atoms with van der Waals surface area (Å²) in [5.41, 5.74) is 0.0550. The second kappa shape index (κ2) is 5.07. The standard InChI is InChI=1S/C11H12F3N7O/c1-20-18-10(17-19-20)16-8(22)7-6-4-2-3-5-21(6)9(15-7)11(12,13)14/h2-5H2,1H3,(H,16,18,22). The first-order chi connectivity index (χ1) is 10.4. The summed E-state index contributed by atoms with van der Waals surface area (Å²) >= 11 is 0. The molecular weight excluding hydrogens is 303 g/mol. The Bertz CT molecular complexity index is 718. The Morgan fingerprint density at radius 1 is 1.32 bits per heavy atom. The maximum atomic E-state index is 13.0. The number of alkyl halides is 3. The highest BCUT2D eigenvalue weighted by Gasteiger charge is 2.40. The van der Waals surface area contributed by atoms with Gasteiger partial charge in [-0.15, -0.1) is 5.10 Å². The molecule has 3 rings (SSSR count). The maximum absolute atomic E-state index is 13.0. The minimum atomic E-state index is -4.60. The van der Waals surface area contributed by atoms with E-state index in [0.29, 0.717) is 25.0 Å². The number of fused-ring (bicyclic) bond motifs is 1. The van der Waals surface area contributed by atoms with E-state index < -0.39 is 17.9 Å². The fourth-order valence-electron chi connectivity index (χ4n) is 2.44. The van der Waals surface area contributed by atoms with Crippen molar-refractivity contribution in [3.63, 3.8) is 0 Å². The Kier molecular flexibility index (Phi) is 3.34. The van der Waals surface area contributed by atoms with Crippen LogP contribution in [0.1, 0.15) is 34.8 Å². The van der Waals surface area contributed by atoms with E-state index in [2.05, 4.69) is 25.7 Å². The van der Waals surface area contributed by atoms with Gasteiger partial charge in [0.2, 0.25) is 5.82 Å². The average molecular weight is 315 g/mol. The number of rotatable bonds is 2. The van der Waals surface area contributed by atoms with Gasteiger partial charge >= 0.3 is 6.18 Å². The molecule has 0 fully saturated rings. The van der Waals surface area contributed by atoms with Crippen LogP contribution in [-0.4, -0.2) is 35.7 Å². The van der Waals surface area contributed by atoms with Crippen molar-refractivity contribution in [3.8, 4) is 0 Å². The van der Waals surface area contributed by atoms with Gasteiger partial charge in [0.25, 0.3) is 11.9 Å². The summed E-state index contributed by atoms with van der Waals surface area (Å²) in [5.74, 6) is -1.90. The first kappa shape index (κ1) is 14.5. The zero-order valence-corrected chi connectivity index (χ0v) is 11.6. The molecule has 2 aromatic heterocycles. The summed E-state index contributed by atoms with van der Waals surface area (Å²) in [6.07, 6.45) is -2.89. The number of tetrazole rings is 1. The van der Waals surface area contributed by atoms with Gasteiger partial charge in [0.05, 0.1) is 12.7 Å². The van der Waals surface area contributed by atoms with Crippen molar-refractivity contribution in [1.82, 2.24) is 29.8 Å². The van der Waals surface area contributed by atoms with Gasteiger partial charge in [-0.25, -0.2) is 4.98 Å². The van der Waals surface area contributed by atoms with Gasteiger partial charge in [-0.3, -0.25) is 10.1 Å². The molecule has 8 nitrogen and oxygen atoms in total. The van der Waals surface area contributed by atoms with Gasteiger partial charge in [0, 0.05) is 6.54 Å². The molecule has 0 bridgehead atoms. The number of hydrogen-bond donors (Lipinski definition) is 1. The third kappa shape index (κ3) is 2.53. The van der Waals surface area contributed by atoms with Crippen LogP contribution in [0.15, 0.2) is 0 Å². The molecule has 0 aromatic carbocycles. The van der Waals surface area contributed by atoms with Crippen LogP contribution in [0.4, 0.5) is 19.1 Å². The molecule has 0 aliphatic carbocycles. The lowest BCUT2D eigenvalue weighted by Crippen LogP contribution is -2.20. The van der Waals surface area contributed by atoms with E-state index in [1.54, 1.807) is 0 Å². The zero-order chi connectivity index (χ0) is 15.9. The molecule has 118 valence electrons. The fraction of sp³-hybridized carbons (Fsp3) is 0.545. The predicted molar refractivity (Wildman–Crippen MR) is 66.9 cm³/mol.